The highest BCUT2D eigenvalue weighted by Crippen LogP contribution is 2.24. The van der Waals surface area contributed by atoms with Gasteiger partial charge in [0.15, 0.2) is 0 Å². The van der Waals surface area contributed by atoms with E-state index in [1.807, 2.05) is 13.8 Å². The van der Waals surface area contributed by atoms with Gasteiger partial charge in [-0.2, -0.15) is 0 Å². The average molecular weight is 293 g/mol. The third kappa shape index (κ3) is 4.02. The van der Waals surface area contributed by atoms with Crippen molar-refractivity contribution in [3.05, 3.63) is 29.6 Å². The Morgan fingerprint density at radius 1 is 1.48 bits per heavy atom. The number of aliphatic hydroxyl groups is 1. The molecule has 4 nitrogen and oxygen atoms in total. The Labute approximate surface area is 125 Å². The van der Waals surface area contributed by atoms with Crippen LogP contribution in [0.15, 0.2) is 18.2 Å². The number of nitrogen functional groups attached to an aromatic ring is 1. The first-order chi connectivity index (χ1) is 9.78. The van der Waals surface area contributed by atoms with Crippen LogP contribution in [0.5, 0.6) is 0 Å². The molecule has 0 saturated carbocycles. The van der Waals surface area contributed by atoms with Crippen LogP contribution in [0.4, 0.5) is 10.1 Å². The largest absolute Gasteiger partial charge is 0.399 e. The highest BCUT2D eigenvalue weighted by atomic mass is 19.1. The lowest BCUT2D eigenvalue weighted by molar-refractivity contribution is -0.0137. The molecule has 4 N–H and O–H groups in total. The second kappa shape index (κ2) is 6.12. The summed E-state index contributed by atoms with van der Waals surface area (Å²) < 4.78 is 13.8. The zero-order chi connectivity index (χ0) is 15.6. The van der Waals surface area contributed by atoms with Crippen LogP contribution in [0, 0.1) is 11.2 Å². The monoisotopic (exact) mass is 293 g/mol. The van der Waals surface area contributed by atoms with Gasteiger partial charge in [-0.3, -0.25) is 0 Å². The number of halogens is 1. The van der Waals surface area contributed by atoms with E-state index in [2.05, 4.69) is 4.90 Å². The van der Waals surface area contributed by atoms with Crippen LogP contribution in [0.3, 0.4) is 0 Å². The van der Waals surface area contributed by atoms with Crippen molar-refractivity contribution < 1.29 is 9.50 Å². The van der Waals surface area contributed by atoms with Gasteiger partial charge in [-0.25, -0.2) is 4.39 Å². The molecule has 0 radical (unpaired) electrons. The zero-order valence-electron chi connectivity index (χ0n) is 12.7. The lowest BCUT2D eigenvalue weighted by atomic mass is 9.92. The number of rotatable bonds is 4. The quantitative estimate of drug-likeness (QED) is 0.589. The molecule has 1 aromatic rings. The van der Waals surface area contributed by atoms with E-state index in [4.69, 9.17) is 11.1 Å². The molecule has 0 aromatic heterocycles. The Morgan fingerprint density at radius 3 is 2.67 bits per heavy atom. The Bertz CT molecular complexity index is 520. The fourth-order valence-electron chi connectivity index (χ4n) is 2.76. The molecular formula is C16H24FN3O. The molecule has 116 valence electrons. The predicted octanol–water partition coefficient (Wildman–Crippen LogP) is 2.40. The minimum Gasteiger partial charge on any atom is -0.399 e. The standard InChI is InChI=1S/C16H24FN3O/c1-11(20-7-5-16(2,21)6-8-20)9-15(19)13-4-3-12(18)10-14(13)17/h3-4,10-11,19,21H,5-9,18H2,1-2H3/t11-/m1/s1. The number of hydrogen-bond acceptors (Lipinski definition) is 4. The number of hydrogen-bond donors (Lipinski definition) is 3. The van der Waals surface area contributed by atoms with Gasteiger partial charge >= 0.3 is 0 Å². The van der Waals surface area contributed by atoms with Crippen LogP contribution < -0.4 is 5.73 Å². The Kier molecular flexibility index (Phi) is 4.64. The molecule has 0 bridgehead atoms. The summed E-state index contributed by atoms with van der Waals surface area (Å²) in [6.07, 6.45) is 1.96. The summed E-state index contributed by atoms with van der Waals surface area (Å²) in [5.41, 5.74) is 5.93. The van der Waals surface area contributed by atoms with Gasteiger partial charge in [-0.05, 0) is 44.9 Å². The molecule has 1 aliphatic rings. The summed E-state index contributed by atoms with van der Waals surface area (Å²) in [5, 5.41) is 18.1. The van der Waals surface area contributed by atoms with Gasteiger partial charge in [-0.15, -0.1) is 0 Å². The van der Waals surface area contributed by atoms with E-state index in [9.17, 15) is 9.50 Å². The fraction of sp³-hybridized carbons (Fsp3) is 0.562. The minimum atomic E-state index is -0.577. The minimum absolute atomic E-state index is 0.158. The van der Waals surface area contributed by atoms with Crippen LogP contribution in [0.25, 0.3) is 0 Å². The van der Waals surface area contributed by atoms with Crippen molar-refractivity contribution in [3.63, 3.8) is 0 Å². The second-order valence-corrected chi connectivity index (χ2v) is 6.30. The summed E-state index contributed by atoms with van der Waals surface area (Å²) >= 11 is 0. The first kappa shape index (κ1) is 15.9. The molecule has 0 spiro atoms. The van der Waals surface area contributed by atoms with Gasteiger partial charge in [0.1, 0.15) is 5.82 Å². The molecular weight excluding hydrogens is 269 g/mol. The number of nitrogens with two attached hydrogens (primary N) is 1. The third-order valence-electron chi connectivity index (χ3n) is 4.32. The van der Waals surface area contributed by atoms with Crippen molar-refractivity contribution in [3.8, 4) is 0 Å². The van der Waals surface area contributed by atoms with Crippen LogP contribution in [0.1, 0.15) is 38.7 Å². The SMILES string of the molecule is C[C@H](CC(=N)c1ccc(N)cc1F)N1CCC(C)(O)CC1. The van der Waals surface area contributed by atoms with Crippen molar-refractivity contribution in [2.45, 2.75) is 44.8 Å². The maximum atomic E-state index is 13.8. The van der Waals surface area contributed by atoms with E-state index < -0.39 is 11.4 Å². The Morgan fingerprint density at radius 2 is 2.10 bits per heavy atom. The first-order valence-electron chi connectivity index (χ1n) is 7.38. The second-order valence-electron chi connectivity index (χ2n) is 6.30. The topological polar surface area (TPSA) is 73.3 Å². The van der Waals surface area contributed by atoms with Crippen molar-refractivity contribution in [1.29, 1.82) is 5.41 Å². The van der Waals surface area contributed by atoms with Gasteiger partial charge in [0.2, 0.25) is 0 Å². The van der Waals surface area contributed by atoms with E-state index in [1.54, 1.807) is 12.1 Å². The van der Waals surface area contributed by atoms with E-state index >= 15 is 0 Å². The van der Waals surface area contributed by atoms with E-state index in [-0.39, 0.29) is 11.8 Å². The highest BCUT2D eigenvalue weighted by molar-refractivity contribution is 5.99. The summed E-state index contributed by atoms with van der Waals surface area (Å²) in [5.74, 6) is -0.436. The highest BCUT2D eigenvalue weighted by Gasteiger charge is 2.29. The number of anilines is 1. The molecule has 0 aliphatic carbocycles. The summed E-state index contributed by atoms with van der Waals surface area (Å²) in [6.45, 7) is 5.53. The third-order valence-corrected chi connectivity index (χ3v) is 4.32. The Balaban J connectivity index is 1.96. The normalized spacial score (nSPS) is 20.2. The molecule has 0 unspecified atom stereocenters. The molecule has 1 atom stereocenters. The molecule has 1 fully saturated rings. The molecule has 2 rings (SSSR count). The van der Waals surface area contributed by atoms with Crippen molar-refractivity contribution in [2.75, 3.05) is 18.8 Å². The number of piperidine rings is 1. The smallest absolute Gasteiger partial charge is 0.134 e. The maximum absolute atomic E-state index is 13.8. The Hall–Kier alpha value is -1.46. The maximum Gasteiger partial charge on any atom is 0.134 e. The molecule has 1 aromatic carbocycles. The zero-order valence-corrected chi connectivity index (χ0v) is 12.7. The van der Waals surface area contributed by atoms with Crippen molar-refractivity contribution >= 4 is 11.4 Å². The first-order valence-corrected chi connectivity index (χ1v) is 7.38. The van der Waals surface area contributed by atoms with Crippen molar-refractivity contribution in [1.82, 2.24) is 4.90 Å². The van der Waals surface area contributed by atoms with Crippen LogP contribution >= 0.6 is 0 Å². The molecule has 21 heavy (non-hydrogen) atoms. The predicted molar refractivity (Wildman–Crippen MR) is 83.2 cm³/mol. The van der Waals surface area contributed by atoms with Crippen molar-refractivity contribution in [2.24, 2.45) is 0 Å². The molecule has 1 saturated heterocycles. The number of nitrogens with zero attached hydrogens (tertiary/aromatic N) is 1. The number of likely N-dealkylation sites (tertiary alicyclic amines) is 1. The van der Waals surface area contributed by atoms with Gasteiger partial charge < -0.3 is 21.1 Å². The van der Waals surface area contributed by atoms with Crippen LogP contribution in [-0.4, -0.2) is 40.5 Å². The van der Waals surface area contributed by atoms with Crippen LogP contribution in [-0.2, 0) is 0 Å². The molecule has 0 amide bonds. The summed E-state index contributed by atoms with van der Waals surface area (Å²) in [4.78, 5) is 2.25. The molecule has 1 aliphatic heterocycles. The number of benzene rings is 1. The van der Waals surface area contributed by atoms with Crippen LogP contribution in [0.2, 0.25) is 0 Å². The average Bonchev–Trinajstić information content (AvgIpc) is 2.38. The lowest BCUT2D eigenvalue weighted by Gasteiger charge is -2.39. The van der Waals surface area contributed by atoms with E-state index in [1.165, 1.54) is 6.07 Å². The van der Waals surface area contributed by atoms with Gasteiger partial charge in [-0.1, -0.05) is 0 Å². The number of nitrogens with one attached hydrogen (secondary N) is 1. The summed E-state index contributed by atoms with van der Waals surface area (Å²) in [7, 11) is 0. The fourth-order valence-corrected chi connectivity index (χ4v) is 2.76. The van der Waals surface area contributed by atoms with Gasteiger partial charge in [0.05, 0.1) is 5.60 Å². The van der Waals surface area contributed by atoms with Gasteiger partial charge in [0, 0.05) is 42.5 Å². The van der Waals surface area contributed by atoms with E-state index in [0.717, 1.165) is 25.9 Å². The van der Waals surface area contributed by atoms with Gasteiger partial charge in [0.25, 0.3) is 0 Å². The lowest BCUT2D eigenvalue weighted by Crippen LogP contribution is -2.46. The van der Waals surface area contributed by atoms with E-state index in [0.29, 0.717) is 17.7 Å². The molecule has 5 heteroatoms. The molecule has 1 heterocycles. The summed E-state index contributed by atoms with van der Waals surface area (Å²) in [6, 6.07) is 4.61.